The highest BCUT2D eigenvalue weighted by Gasteiger charge is 1.92. The highest BCUT2D eigenvalue weighted by atomic mass is 14.0. The number of hydrogen-bond acceptors (Lipinski definition) is 0. The van der Waals surface area contributed by atoms with Gasteiger partial charge in [0.25, 0.3) is 0 Å². The van der Waals surface area contributed by atoms with Crippen LogP contribution in [-0.4, -0.2) is 0 Å². The zero-order chi connectivity index (χ0) is 8.69. The molecule has 0 radical (unpaired) electrons. The van der Waals surface area contributed by atoms with Gasteiger partial charge >= 0.3 is 0 Å². The lowest BCUT2D eigenvalue weighted by molar-refractivity contribution is 0.591. The Hall–Kier alpha value is -0.260. The minimum Gasteiger partial charge on any atom is -0.0883 e. The first-order valence-electron chi connectivity index (χ1n) is 4.83. The summed E-state index contributed by atoms with van der Waals surface area (Å²) < 4.78 is 0. The van der Waals surface area contributed by atoms with Crippen molar-refractivity contribution in [1.82, 2.24) is 0 Å². The molecule has 0 amide bonds. The summed E-state index contributed by atoms with van der Waals surface area (Å²) in [4.78, 5) is 0. The topological polar surface area (TPSA) is 0 Å². The van der Waals surface area contributed by atoms with Crippen molar-refractivity contribution in [2.45, 2.75) is 47.0 Å². The van der Waals surface area contributed by atoms with Crippen molar-refractivity contribution in [2.75, 3.05) is 0 Å². The van der Waals surface area contributed by atoms with Crippen LogP contribution in [0, 0.1) is 11.8 Å². The average Bonchev–Trinajstić information content (AvgIpc) is 1.97. The predicted molar refractivity (Wildman–Crippen MR) is 52.7 cm³/mol. The van der Waals surface area contributed by atoms with Gasteiger partial charge in [0.15, 0.2) is 0 Å². The molecule has 0 heteroatoms. The highest BCUT2D eigenvalue weighted by molar-refractivity contribution is 4.85. The second-order valence-electron chi connectivity index (χ2n) is 3.78. The summed E-state index contributed by atoms with van der Waals surface area (Å²) in [5.41, 5.74) is 0. The van der Waals surface area contributed by atoms with Gasteiger partial charge in [-0.05, 0) is 24.7 Å². The molecule has 0 spiro atoms. The van der Waals surface area contributed by atoms with Crippen LogP contribution >= 0.6 is 0 Å². The van der Waals surface area contributed by atoms with Gasteiger partial charge in [-0.15, -0.1) is 0 Å². The molecule has 0 aromatic carbocycles. The fourth-order valence-electron chi connectivity index (χ4n) is 0.894. The lowest BCUT2D eigenvalue weighted by Crippen LogP contribution is -1.86. The van der Waals surface area contributed by atoms with Crippen molar-refractivity contribution in [3.63, 3.8) is 0 Å². The zero-order valence-corrected chi connectivity index (χ0v) is 8.43. The van der Waals surface area contributed by atoms with Crippen LogP contribution in [0.4, 0.5) is 0 Å². The first-order valence-corrected chi connectivity index (χ1v) is 4.83. The van der Waals surface area contributed by atoms with Crippen LogP contribution in [0.1, 0.15) is 47.0 Å². The molecule has 0 aliphatic rings. The molecule has 0 bridgehead atoms. The Labute approximate surface area is 71.7 Å². The average molecular weight is 154 g/mol. The van der Waals surface area contributed by atoms with Crippen LogP contribution in [0.3, 0.4) is 0 Å². The van der Waals surface area contributed by atoms with Crippen LogP contribution in [0.2, 0.25) is 0 Å². The molecule has 0 saturated heterocycles. The number of hydrogen-bond donors (Lipinski definition) is 0. The van der Waals surface area contributed by atoms with Crippen LogP contribution in [0.5, 0.6) is 0 Å². The molecular weight excluding hydrogens is 132 g/mol. The van der Waals surface area contributed by atoms with E-state index in [9.17, 15) is 0 Å². The van der Waals surface area contributed by atoms with Gasteiger partial charge in [-0.3, -0.25) is 0 Å². The molecule has 0 aromatic rings. The Balaban J connectivity index is 3.29. The van der Waals surface area contributed by atoms with E-state index in [1.165, 1.54) is 19.3 Å². The minimum atomic E-state index is 0.766. The van der Waals surface area contributed by atoms with Crippen molar-refractivity contribution in [2.24, 2.45) is 11.8 Å². The van der Waals surface area contributed by atoms with Crippen molar-refractivity contribution in [3.05, 3.63) is 12.2 Å². The van der Waals surface area contributed by atoms with E-state index in [2.05, 4.69) is 39.8 Å². The van der Waals surface area contributed by atoms with Crippen LogP contribution in [-0.2, 0) is 0 Å². The van der Waals surface area contributed by atoms with E-state index >= 15 is 0 Å². The predicted octanol–water partition coefficient (Wildman–Crippen LogP) is 4.02. The number of allylic oxidation sites excluding steroid dienone is 2. The van der Waals surface area contributed by atoms with Crippen molar-refractivity contribution in [1.29, 1.82) is 0 Å². The number of rotatable bonds is 5. The maximum absolute atomic E-state index is 2.34. The third-order valence-electron chi connectivity index (χ3n) is 2.02. The van der Waals surface area contributed by atoms with Gasteiger partial charge in [-0.2, -0.15) is 0 Å². The van der Waals surface area contributed by atoms with Gasteiger partial charge in [-0.1, -0.05) is 46.3 Å². The molecule has 0 N–H and O–H groups in total. The van der Waals surface area contributed by atoms with Crippen LogP contribution in [0.15, 0.2) is 12.2 Å². The summed E-state index contributed by atoms with van der Waals surface area (Å²) >= 11 is 0. The lowest BCUT2D eigenvalue weighted by Gasteiger charge is -2.01. The van der Waals surface area contributed by atoms with Gasteiger partial charge in [0, 0.05) is 0 Å². The standard InChI is InChI=1S/C11H22/c1-5-11(4)9-7-6-8-10(2)3/h7,9-11H,5-6,8H2,1-4H3. The molecule has 0 aromatic heterocycles. The molecule has 0 heterocycles. The normalized spacial score (nSPS) is 14.6. The maximum atomic E-state index is 2.34. The first kappa shape index (κ1) is 10.7. The van der Waals surface area contributed by atoms with Gasteiger partial charge in [-0.25, -0.2) is 0 Å². The fraction of sp³-hybridized carbons (Fsp3) is 0.818. The summed E-state index contributed by atoms with van der Waals surface area (Å²) in [5.74, 6) is 1.61. The summed E-state index contributed by atoms with van der Waals surface area (Å²) in [6.07, 6.45) is 8.50. The quantitative estimate of drug-likeness (QED) is 0.524. The molecule has 0 rings (SSSR count). The molecule has 11 heavy (non-hydrogen) atoms. The largest absolute Gasteiger partial charge is 0.0883 e. The van der Waals surface area contributed by atoms with Crippen molar-refractivity contribution >= 4 is 0 Å². The Morgan fingerprint density at radius 2 is 1.82 bits per heavy atom. The van der Waals surface area contributed by atoms with Crippen molar-refractivity contribution in [3.8, 4) is 0 Å². The summed E-state index contributed by atoms with van der Waals surface area (Å²) in [5, 5.41) is 0. The van der Waals surface area contributed by atoms with E-state index < -0.39 is 0 Å². The molecule has 1 unspecified atom stereocenters. The van der Waals surface area contributed by atoms with Gasteiger partial charge < -0.3 is 0 Å². The maximum Gasteiger partial charge on any atom is -0.0265 e. The zero-order valence-electron chi connectivity index (χ0n) is 8.43. The van der Waals surface area contributed by atoms with E-state index in [0.29, 0.717) is 0 Å². The minimum absolute atomic E-state index is 0.766. The Bertz CT molecular complexity index is 101. The van der Waals surface area contributed by atoms with E-state index in [1.807, 2.05) is 0 Å². The first-order chi connectivity index (χ1) is 5.16. The van der Waals surface area contributed by atoms with Crippen LogP contribution in [0.25, 0.3) is 0 Å². The lowest BCUT2D eigenvalue weighted by atomic mass is 10.1. The van der Waals surface area contributed by atoms with Crippen molar-refractivity contribution < 1.29 is 0 Å². The SMILES string of the molecule is CCC(C)C=CCCC(C)C. The van der Waals surface area contributed by atoms with Gasteiger partial charge in [0.1, 0.15) is 0 Å². The molecule has 0 nitrogen and oxygen atoms in total. The fourth-order valence-corrected chi connectivity index (χ4v) is 0.894. The van der Waals surface area contributed by atoms with E-state index in [4.69, 9.17) is 0 Å². The summed E-state index contributed by atoms with van der Waals surface area (Å²) in [6, 6.07) is 0. The van der Waals surface area contributed by atoms with E-state index in [1.54, 1.807) is 0 Å². The highest BCUT2D eigenvalue weighted by Crippen LogP contribution is 2.07. The third kappa shape index (κ3) is 7.64. The van der Waals surface area contributed by atoms with E-state index in [0.717, 1.165) is 11.8 Å². The molecule has 1 atom stereocenters. The molecule has 66 valence electrons. The molecule has 0 fully saturated rings. The van der Waals surface area contributed by atoms with Gasteiger partial charge in [0.05, 0.1) is 0 Å². The second-order valence-corrected chi connectivity index (χ2v) is 3.78. The molecule has 0 saturated carbocycles. The second kappa shape index (κ2) is 6.45. The van der Waals surface area contributed by atoms with E-state index in [-0.39, 0.29) is 0 Å². The third-order valence-corrected chi connectivity index (χ3v) is 2.02. The molecule has 0 aliphatic heterocycles. The Morgan fingerprint density at radius 3 is 2.27 bits per heavy atom. The monoisotopic (exact) mass is 154 g/mol. The summed E-state index contributed by atoms with van der Waals surface area (Å²) in [6.45, 7) is 9.05. The van der Waals surface area contributed by atoms with Gasteiger partial charge in [0.2, 0.25) is 0 Å². The smallest absolute Gasteiger partial charge is 0.0265 e. The Kier molecular flexibility index (Phi) is 6.30. The summed E-state index contributed by atoms with van der Waals surface area (Å²) in [7, 11) is 0. The molecular formula is C11H22. The van der Waals surface area contributed by atoms with Crippen LogP contribution < -0.4 is 0 Å². The molecule has 0 aliphatic carbocycles. The Morgan fingerprint density at radius 1 is 1.18 bits per heavy atom.